The number of ether oxygens (including phenoxy) is 2. The first kappa shape index (κ1) is 14.5. The van der Waals surface area contributed by atoms with Gasteiger partial charge in [0.1, 0.15) is 17.2 Å². The van der Waals surface area contributed by atoms with Crippen LogP contribution >= 0.6 is 0 Å². The van der Waals surface area contributed by atoms with Gasteiger partial charge < -0.3 is 14.8 Å². The highest BCUT2D eigenvalue weighted by Gasteiger charge is 2.24. The summed E-state index contributed by atoms with van der Waals surface area (Å²) in [6.45, 7) is 1.53. The van der Waals surface area contributed by atoms with Gasteiger partial charge in [0, 0.05) is 13.1 Å². The lowest BCUT2D eigenvalue weighted by Gasteiger charge is -2.09. The van der Waals surface area contributed by atoms with Crippen LogP contribution in [0, 0.1) is 17.0 Å². The Bertz CT molecular complexity index is 675. The van der Waals surface area contributed by atoms with Crippen LogP contribution in [0.5, 0.6) is 17.4 Å². The Hall–Kier alpha value is -2.90. The number of rotatable bonds is 5. The van der Waals surface area contributed by atoms with Crippen molar-refractivity contribution in [3.05, 3.63) is 40.1 Å². The fourth-order valence-electron chi connectivity index (χ4n) is 1.71. The van der Waals surface area contributed by atoms with Gasteiger partial charge in [0.2, 0.25) is 5.95 Å². The Balaban J connectivity index is 2.46. The summed E-state index contributed by atoms with van der Waals surface area (Å²) in [5.74, 6) is 1.09. The molecule has 0 radical (unpaired) electrons. The summed E-state index contributed by atoms with van der Waals surface area (Å²) in [7, 11) is 3.14. The zero-order valence-corrected chi connectivity index (χ0v) is 11.8. The van der Waals surface area contributed by atoms with Crippen molar-refractivity contribution < 1.29 is 14.4 Å². The van der Waals surface area contributed by atoms with Crippen molar-refractivity contribution >= 4 is 11.6 Å². The number of hydrogen-bond acceptors (Lipinski definition) is 7. The van der Waals surface area contributed by atoms with Gasteiger partial charge in [0.15, 0.2) is 0 Å². The molecule has 21 heavy (non-hydrogen) atoms. The van der Waals surface area contributed by atoms with Crippen LogP contribution in [0.3, 0.4) is 0 Å². The maximum Gasteiger partial charge on any atom is 0.352 e. The molecule has 1 heterocycles. The van der Waals surface area contributed by atoms with E-state index in [0.29, 0.717) is 11.5 Å². The zero-order chi connectivity index (χ0) is 15.4. The van der Waals surface area contributed by atoms with Gasteiger partial charge in [0.05, 0.1) is 12.0 Å². The average Bonchev–Trinajstić information content (AvgIpc) is 2.46. The van der Waals surface area contributed by atoms with Gasteiger partial charge in [0.25, 0.3) is 0 Å². The molecule has 1 aromatic carbocycles. The lowest BCUT2D eigenvalue weighted by Crippen LogP contribution is -2.05. The van der Waals surface area contributed by atoms with Gasteiger partial charge in [-0.05, 0) is 19.1 Å². The summed E-state index contributed by atoms with van der Waals surface area (Å²) in [4.78, 5) is 18.6. The third-order valence-electron chi connectivity index (χ3n) is 2.69. The van der Waals surface area contributed by atoms with E-state index in [1.165, 1.54) is 14.0 Å². The molecular formula is C13H14N4O4. The van der Waals surface area contributed by atoms with E-state index in [2.05, 4.69) is 15.3 Å². The van der Waals surface area contributed by atoms with Gasteiger partial charge in [-0.15, -0.1) is 0 Å². The summed E-state index contributed by atoms with van der Waals surface area (Å²) < 4.78 is 10.6. The summed E-state index contributed by atoms with van der Waals surface area (Å²) in [5, 5.41) is 13.9. The molecule has 110 valence electrons. The Labute approximate surface area is 120 Å². The zero-order valence-electron chi connectivity index (χ0n) is 11.8. The van der Waals surface area contributed by atoms with Gasteiger partial charge >= 0.3 is 11.6 Å². The molecule has 0 fully saturated rings. The first-order valence-electron chi connectivity index (χ1n) is 6.08. The number of aryl methyl sites for hydroxylation is 1. The maximum absolute atomic E-state index is 11.2. The van der Waals surface area contributed by atoms with Crippen LogP contribution in [0.1, 0.15) is 5.69 Å². The molecule has 0 saturated carbocycles. The third kappa shape index (κ3) is 3.16. The molecule has 1 aromatic heterocycles. The maximum atomic E-state index is 11.2. The number of nitro groups is 1. The second kappa shape index (κ2) is 6.04. The highest BCUT2D eigenvalue weighted by molar-refractivity contribution is 5.50. The van der Waals surface area contributed by atoms with Crippen LogP contribution in [-0.2, 0) is 0 Å². The van der Waals surface area contributed by atoms with Crippen molar-refractivity contribution in [3.8, 4) is 17.4 Å². The fourth-order valence-corrected chi connectivity index (χ4v) is 1.71. The number of hydrogen-bond donors (Lipinski definition) is 1. The van der Waals surface area contributed by atoms with E-state index >= 15 is 0 Å². The third-order valence-corrected chi connectivity index (χ3v) is 2.69. The van der Waals surface area contributed by atoms with Gasteiger partial charge in [-0.3, -0.25) is 10.1 Å². The first-order valence-corrected chi connectivity index (χ1v) is 6.08. The minimum absolute atomic E-state index is 0.120. The molecule has 0 aliphatic rings. The standard InChI is InChI=1S/C13H14N4O4/c1-8-11(17(18)19)12(16-13(14-2)15-8)21-10-6-4-5-9(7-10)20-3/h4-7H,1-3H3,(H,14,15,16). The van der Waals surface area contributed by atoms with E-state index in [0.717, 1.165) is 0 Å². The number of anilines is 1. The minimum Gasteiger partial charge on any atom is -0.497 e. The van der Waals surface area contributed by atoms with E-state index < -0.39 is 4.92 Å². The Morgan fingerprint density at radius 2 is 2.00 bits per heavy atom. The second-order valence-electron chi connectivity index (χ2n) is 4.07. The predicted molar refractivity (Wildman–Crippen MR) is 76.0 cm³/mol. The molecule has 2 aromatic rings. The second-order valence-corrected chi connectivity index (χ2v) is 4.07. The molecule has 0 aliphatic carbocycles. The number of benzene rings is 1. The van der Waals surface area contributed by atoms with Crippen molar-refractivity contribution in [1.82, 2.24) is 9.97 Å². The number of nitrogens with one attached hydrogen (secondary N) is 1. The van der Waals surface area contributed by atoms with Gasteiger partial charge in [-0.25, -0.2) is 4.98 Å². The summed E-state index contributed by atoms with van der Waals surface area (Å²) >= 11 is 0. The molecule has 0 aliphatic heterocycles. The van der Waals surface area contributed by atoms with Crippen LogP contribution in [0.15, 0.2) is 24.3 Å². The molecule has 1 N–H and O–H groups in total. The van der Waals surface area contributed by atoms with E-state index in [1.54, 1.807) is 31.3 Å². The Morgan fingerprint density at radius 1 is 1.29 bits per heavy atom. The normalized spacial score (nSPS) is 10.0. The highest BCUT2D eigenvalue weighted by atomic mass is 16.6. The van der Waals surface area contributed by atoms with E-state index in [9.17, 15) is 10.1 Å². The van der Waals surface area contributed by atoms with Gasteiger partial charge in [-0.1, -0.05) is 6.07 Å². The van der Waals surface area contributed by atoms with Crippen molar-refractivity contribution in [2.75, 3.05) is 19.5 Å². The fraction of sp³-hybridized carbons (Fsp3) is 0.231. The SMILES string of the molecule is CNc1nc(C)c([N+](=O)[O-])c(Oc2cccc(OC)c2)n1. The van der Waals surface area contributed by atoms with Crippen molar-refractivity contribution in [2.45, 2.75) is 6.92 Å². The summed E-state index contributed by atoms with van der Waals surface area (Å²) in [6, 6.07) is 6.72. The monoisotopic (exact) mass is 290 g/mol. The minimum atomic E-state index is -0.565. The largest absolute Gasteiger partial charge is 0.497 e. The predicted octanol–water partition coefficient (Wildman–Crippen LogP) is 2.54. The molecule has 0 spiro atoms. The highest BCUT2D eigenvalue weighted by Crippen LogP contribution is 2.33. The van der Waals surface area contributed by atoms with Crippen molar-refractivity contribution in [3.63, 3.8) is 0 Å². The van der Waals surface area contributed by atoms with Crippen LogP contribution < -0.4 is 14.8 Å². The van der Waals surface area contributed by atoms with Crippen LogP contribution in [0.4, 0.5) is 11.6 Å². The summed E-state index contributed by atoms with van der Waals surface area (Å²) in [5.41, 5.74) is -0.0472. The molecule has 2 rings (SSSR count). The Morgan fingerprint density at radius 3 is 2.62 bits per heavy atom. The number of nitrogens with zero attached hydrogens (tertiary/aromatic N) is 3. The summed E-state index contributed by atoms with van der Waals surface area (Å²) in [6.07, 6.45) is 0. The molecule has 8 nitrogen and oxygen atoms in total. The van der Waals surface area contributed by atoms with E-state index in [4.69, 9.17) is 9.47 Å². The molecule has 0 saturated heterocycles. The number of methoxy groups -OCH3 is 1. The van der Waals surface area contributed by atoms with Crippen LogP contribution in [0.2, 0.25) is 0 Å². The molecule has 0 bridgehead atoms. The van der Waals surface area contributed by atoms with E-state index in [1.807, 2.05) is 0 Å². The van der Waals surface area contributed by atoms with Crippen molar-refractivity contribution in [1.29, 1.82) is 0 Å². The quantitative estimate of drug-likeness (QED) is 0.667. The smallest absolute Gasteiger partial charge is 0.352 e. The molecule has 0 amide bonds. The topological polar surface area (TPSA) is 99.4 Å². The average molecular weight is 290 g/mol. The van der Waals surface area contributed by atoms with Crippen LogP contribution in [0.25, 0.3) is 0 Å². The van der Waals surface area contributed by atoms with Gasteiger partial charge in [-0.2, -0.15) is 4.98 Å². The first-order chi connectivity index (χ1) is 10.0. The lowest BCUT2D eigenvalue weighted by atomic mass is 10.3. The number of aromatic nitrogens is 2. The van der Waals surface area contributed by atoms with E-state index in [-0.39, 0.29) is 23.2 Å². The lowest BCUT2D eigenvalue weighted by molar-refractivity contribution is -0.386. The Kier molecular flexibility index (Phi) is 4.17. The van der Waals surface area contributed by atoms with Crippen LogP contribution in [-0.4, -0.2) is 29.0 Å². The molecule has 0 atom stereocenters. The van der Waals surface area contributed by atoms with Crippen molar-refractivity contribution in [2.24, 2.45) is 0 Å². The molecular weight excluding hydrogens is 276 g/mol. The molecule has 0 unspecified atom stereocenters. The molecule has 8 heteroatoms.